The number of hydrogen-bond acceptors (Lipinski definition) is 4. The number of hydrogen-bond donors (Lipinski definition) is 1. The number of ether oxygens (including phenoxy) is 1. The lowest BCUT2D eigenvalue weighted by atomic mass is 9.78. The van der Waals surface area contributed by atoms with Crippen molar-refractivity contribution in [2.45, 2.75) is 64.7 Å². The number of ketones is 1. The first kappa shape index (κ1) is 17.4. The molecule has 4 nitrogen and oxygen atoms in total. The van der Waals surface area contributed by atoms with E-state index in [4.69, 9.17) is 4.74 Å². The van der Waals surface area contributed by atoms with Crippen LogP contribution < -0.4 is 4.74 Å². The van der Waals surface area contributed by atoms with Gasteiger partial charge in [-0.3, -0.25) is 9.78 Å². The Balaban J connectivity index is 1.76. The molecule has 2 fully saturated rings. The van der Waals surface area contributed by atoms with Gasteiger partial charge in [-0.15, -0.1) is 0 Å². The Morgan fingerprint density at radius 3 is 2.54 bits per heavy atom. The Morgan fingerprint density at radius 2 is 2.00 bits per heavy atom. The SMILES string of the molecule is CCC(CC)(CO)CC(=O)c1cc(OCC2CC2)c(C2CC2)cn1. The number of aliphatic hydroxyl groups excluding tert-OH is 1. The van der Waals surface area contributed by atoms with Crippen LogP contribution in [0.4, 0.5) is 0 Å². The van der Waals surface area contributed by atoms with E-state index in [1.807, 2.05) is 26.1 Å². The van der Waals surface area contributed by atoms with Crippen molar-refractivity contribution in [1.29, 1.82) is 0 Å². The molecule has 0 radical (unpaired) electrons. The molecule has 0 aliphatic heterocycles. The summed E-state index contributed by atoms with van der Waals surface area (Å²) in [5, 5.41) is 9.71. The van der Waals surface area contributed by atoms with Gasteiger partial charge in [0.1, 0.15) is 11.4 Å². The molecule has 1 aromatic rings. The fourth-order valence-electron chi connectivity index (χ4n) is 3.13. The van der Waals surface area contributed by atoms with Crippen LogP contribution in [0.1, 0.15) is 80.8 Å². The largest absolute Gasteiger partial charge is 0.493 e. The zero-order valence-electron chi connectivity index (χ0n) is 14.9. The number of rotatable bonds is 10. The summed E-state index contributed by atoms with van der Waals surface area (Å²) in [5.74, 6) is 2.10. The molecule has 24 heavy (non-hydrogen) atoms. The molecular weight excluding hydrogens is 302 g/mol. The third kappa shape index (κ3) is 3.97. The normalized spacial score (nSPS) is 17.8. The molecular formula is C20H29NO3. The first-order chi connectivity index (χ1) is 11.6. The van der Waals surface area contributed by atoms with E-state index in [9.17, 15) is 9.90 Å². The van der Waals surface area contributed by atoms with Gasteiger partial charge in [-0.1, -0.05) is 13.8 Å². The van der Waals surface area contributed by atoms with Crippen molar-refractivity contribution in [2.24, 2.45) is 11.3 Å². The lowest BCUT2D eigenvalue weighted by Gasteiger charge is -2.28. The van der Waals surface area contributed by atoms with E-state index in [1.165, 1.54) is 25.7 Å². The topological polar surface area (TPSA) is 59.4 Å². The van der Waals surface area contributed by atoms with Gasteiger partial charge >= 0.3 is 0 Å². The van der Waals surface area contributed by atoms with Gasteiger partial charge in [0.05, 0.1) is 6.61 Å². The summed E-state index contributed by atoms with van der Waals surface area (Å²) in [5.41, 5.74) is 1.31. The highest BCUT2D eigenvalue weighted by Crippen LogP contribution is 2.44. The fraction of sp³-hybridized carbons (Fsp3) is 0.700. The molecule has 0 atom stereocenters. The van der Waals surface area contributed by atoms with Crippen LogP contribution in [0, 0.1) is 11.3 Å². The third-order valence-corrected chi connectivity index (χ3v) is 5.74. The minimum Gasteiger partial charge on any atom is -0.493 e. The number of aliphatic hydroxyl groups is 1. The van der Waals surface area contributed by atoms with Crippen molar-refractivity contribution < 1.29 is 14.6 Å². The van der Waals surface area contributed by atoms with Crippen LogP contribution >= 0.6 is 0 Å². The number of carbonyl (C=O) groups excluding carboxylic acids is 1. The molecule has 4 heteroatoms. The zero-order valence-corrected chi connectivity index (χ0v) is 14.9. The predicted octanol–water partition coefficient (Wildman–Crippen LogP) is 4.12. The minimum absolute atomic E-state index is 0.00590. The first-order valence-corrected chi connectivity index (χ1v) is 9.37. The molecule has 1 heterocycles. The molecule has 0 unspecified atom stereocenters. The van der Waals surface area contributed by atoms with Crippen LogP contribution in [0.15, 0.2) is 12.3 Å². The standard InChI is InChI=1S/C20H29NO3/c1-3-20(4-2,13-22)10-18(23)17-9-19(24-12-14-5-6-14)16(11-21-17)15-7-8-15/h9,11,14-15,22H,3-8,10,12-13H2,1-2H3. The predicted molar refractivity (Wildman–Crippen MR) is 93.5 cm³/mol. The molecule has 0 amide bonds. The monoisotopic (exact) mass is 331 g/mol. The molecule has 0 bridgehead atoms. The second-order valence-corrected chi connectivity index (χ2v) is 7.60. The van der Waals surface area contributed by atoms with Crippen molar-refractivity contribution in [2.75, 3.05) is 13.2 Å². The maximum absolute atomic E-state index is 12.7. The van der Waals surface area contributed by atoms with Crippen molar-refractivity contribution in [3.63, 3.8) is 0 Å². The molecule has 2 aliphatic rings. The molecule has 2 aliphatic carbocycles. The van der Waals surface area contributed by atoms with Gasteiger partial charge < -0.3 is 9.84 Å². The van der Waals surface area contributed by atoms with Crippen molar-refractivity contribution in [1.82, 2.24) is 4.98 Å². The van der Waals surface area contributed by atoms with E-state index in [-0.39, 0.29) is 17.8 Å². The maximum Gasteiger partial charge on any atom is 0.181 e. The maximum atomic E-state index is 12.7. The minimum atomic E-state index is -0.330. The summed E-state index contributed by atoms with van der Waals surface area (Å²) in [6, 6.07) is 1.84. The highest BCUT2D eigenvalue weighted by molar-refractivity contribution is 5.95. The van der Waals surface area contributed by atoms with Gasteiger partial charge in [0.2, 0.25) is 0 Å². The lowest BCUT2D eigenvalue weighted by Crippen LogP contribution is -2.27. The quantitative estimate of drug-likeness (QED) is 0.655. The van der Waals surface area contributed by atoms with E-state index in [2.05, 4.69) is 4.98 Å². The van der Waals surface area contributed by atoms with E-state index >= 15 is 0 Å². The Labute approximate surface area is 144 Å². The van der Waals surface area contributed by atoms with Crippen molar-refractivity contribution >= 4 is 5.78 Å². The molecule has 3 rings (SSSR count). The third-order valence-electron chi connectivity index (χ3n) is 5.74. The lowest BCUT2D eigenvalue weighted by molar-refractivity contribution is 0.0740. The smallest absolute Gasteiger partial charge is 0.181 e. The van der Waals surface area contributed by atoms with Crippen LogP contribution in [0.3, 0.4) is 0 Å². The van der Waals surface area contributed by atoms with E-state index in [0.717, 1.165) is 30.8 Å². The molecule has 132 valence electrons. The zero-order chi connectivity index (χ0) is 17.2. The van der Waals surface area contributed by atoms with Gasteiger partial charge in [0.25, 0.3) is 0 Å². The Bertz CT molecular complexity index is 578. The summed E-state index contributed by atoms with van der Waals surface area (Å²) < 4.78 is 6.02. The number of aromatic nitrogens is 1. The molecule has 2 saturated carbocycles. The molecule has 1 N–H and O–H groups in total. The van der Waals surface area contributed by atoms with Gasteiger partial charge in [-0.05, 0) is 50.4 Å². The average Bonchev–Trinajstić information content (AvgIpc) is 3.50. The summed E-state index contributed by atoms with van der Waals surface area (Å²) in [6.45, 7) is 4.85. The Hall–Kier alpha value is -1.42. The molecule has 0 saturated heterocycles. The molecule has 0 aromatic carbocycles. The highest BCUT2D eigenvalue weighted by atomic mass is 16.5. The second kappa shape index (κ2) is 7.22. The van der Waals surface area contributed by atoms with Crippen molar-refractivity contribution in [3.8, 4) is 5.75 Å². The first-order valence-electron chi connectivity index (χ1n) is 9.37. The number of nitrogens with zero attached hydrogens (tertiary/aromatic N) is 1. The second-order valence-electron chi connectivity index (χ2n) is 7.60. The van der Waals surface area contributed by atoms with E-state index in [1.54, 1.807) is 0 Å². The van der Waals surface area contributed by atoms with E-state index < -0.39 is 0 Å². The summed E-state index contributed by atoms with van der Waals surface area (Å²) in [4.78, 5) is 17.1. The Kier molecular flexibility index (Phi) is 5.24. The van der Waals surface area contributed by atoms with Gasteiger partial charge in [0.15, 0.2) is 5.78 Å². The summed E-state index contributed by atoms with van der Waals surface area (Å²) in [6.07, 6.45) is 8.64. The van der Waals surface area contributed by atoms with Crippen molar-refractivity contribution in [3.05, 3.63) is 23.5 Å². The number of carbonyl (C=O) groups is 1. The molecule has 0 spiro atoms. The van der Waals surface area contributed by atoms with Crippen LogP contribution in [-0.4, -0.2) is 29.1 Å². The fourth-order valence-corrected chi connectivity index (χ4v) is 3.13. The van der Waals surface area contributed by atoms with Crippen LogP contribution in [0.5, 0.6) is 5.75 Å². The van der Waals surface area contributed by atoms with Crippen LogP contribution in [0.2, 0.25) is 0 Å². The van der Waals surface area contributed by atoms with Gasteiger partial charge in [-0.25, -0.2) is 0 Å². The molecule has 1 aromatic heterocycles. The van der Waals surface area contributed by atoms with E-state index in [0.29, 0.717) is 24.0 Å². The van der Waals surface area contributed by atoms with Gasteiger partial charge in [-0.2, -0.15) is 0 Å². The Morgan fingerprint density at radius 1 is 1.29 bits per heavy atom. The average molecular weight is 331 g/mol. The van der Waals surface area contributed by atoms with Crippen LogP contribution in [0.25, 0.3) is 0 Å². The summed E-state index contributed by atoms with van der Waals surface area (Å²) >= 11 is 0. The van der Waals surface area contributed by atoms with Crippen LogP contribution in [-0.2, 0) is 0 Å². The van der Waals surface area contributed by atoms with Gasteiger partial charge in [0, 0.05) is 36.3 Å². The number of pyridine rings is 1. The number of Topliss-reactive ketones (excluding diaryl/α,β-unsaturated/α-hetero) is 1. The summed E-state index contributed by atoms with van der Waals surface area (Å²) in [7, 11) is 0. The highest BCUT2D eigenvalue weighted by Gasteiger charge is 2.32.